The number of rotatable bonds is 8. The van der Waals surface area contributed by atoms with Crippen LogP contribution in [0.1, 0.15) is 25.8 Å². The SMILES string of the molecule is COC(C)(C)CCSC(Cc1ccccc1)C(=O)O. The highest BCUT2D eigenvalue weighted by molar-refractivity contribution is 8.00. The molecule has 0 spiro atoms. The minimum Gasteiger partial charge on any atom is -0.480 e. The third-order valence-electron chi connectivity index (χ3n) is 3.12. The van der Waals surface area contributed by atoms with Crippen LogP contribution >= 0.6 is 11.8 Å². The van der Waals surface area contributed by atoms with Gasteiger partial charge in [0.1, 0.15) is 5.25 Å². The Bertz CT molecular complexity index is 390. The molecule has 0 amide bonds. The maximum absolute atomic E-state index is 11.3. The van der Waals surface area contributed by atoms with E-state index in [9.17, 15) is 9.90 Å². The van der Waals surface area contributed by atoms with Gasteiger partial charge in [-0.1, -0.05) is 30.3 Å². The molecule has 0 saturated heterocycles. The zero-order valence-electron chi connectivity index (χ0n) is 11.8. The normalized spacial score (nSPS) is 13.2. The average molecular weight is 282 g/mol. The summed E-state index contributed by atoms with van der Waals surface area (Å²) in [5, 5.41) is 8.88. The molecule has 0 aliphatic rings. The van der Waals surface area contributed by atoms with Crippen molar-refractivity contribution in [2.24, 2.45) is 0 Å². The van der Waals surface area contributed by atoms with Gasteiger partial charge in [0.15, 0.2) is 0 Å². The predicted molar refractivity (Wildman–Crippen MR) is 79.7 cm³/mol. The molecule has 3 nitrogen and oxygen atoms in total. The van der Waals surface area contributed by atoms with Gasteiger partial charge in [-0.3, -0.25) is 4.79 Å². The van der Waals surface area contributed by atoms with Crippen LogP contribution in [0.15, 0.2) is 30.3 Å². The summed E-state index contributed by atoms with van der Waals surface area (Å²) in [6.07, 6.45) is 1.40. The molecule has 0 aliphatic heterocycles. The smallest absolute Gasteiger partial charge is 0.316 e. The van der Waals surface area contributed by atoms with Gasteiger partial charge in [-0.05, 0) is 38.0 Å². The quantitative estimate of drug-likeness (QED) is 0.795. The lowest BCUT2D eigenvalue weighted by molar-refractivity contribution is -0.136. The van der Waals surface area contributed by atoms with Gasteiger partial charge in [0.2, 0.25) is 0 Å². The van der Waals surface area contributed by atoms with Crippen molar-refractivity contribution < 1.29 is 14.6 Å². The summed E-state index contributed by atoms with van der Waals surface area (Å²) >= 11 is 1.49. The van der Waals surface area contributed by atoms with Crippen LogP contribution in [0.4, 0.5) is 0 Å². The second-order valence-electron chi connectivity index (χ2n) is 5.10. The molecule has 0 radical (unpaired) electrons. The van der Waals surface area contributed by atoms with Crippen LogP contribution in [0.5, 0.6) is 0 Å². The molecule has 1 rings (SSSR count). The summed E-state index contributed by atoms with van der Waals surface area (Å²) in [5.41, 5.74) is 0.872. The maximum atomic E-state index is 11.3. The van der Waals surface area contributed by atoms with Crippen molar-refractivity contribution in [3.63, 3.8) is 0 Å². The molecule has 1 atom stereocenters. The fraction of sp³-hybridized carbons (Fsp3) is 0.533. The first-order valence-electron chi connectivity index (χ1n) is 6.38. The molecule has 0 aromatic heterocycles. The van der Waals surface area contributed by atoms with Crippen LogP contribution < -0.4 is 0 Å². The summed E-state index contributed by atoms with van der Waals surface area (Å²) in [4.78, 5) is 11.3. The standard InChI is InChI=1S/C15H22O3S/c1-15(2,18-3)9-10-19-13(14(16)17)11-12-7-5-4-6-8-12/h4-8,13H,9-11H2,1-3H3,(H,16,17). The van der Waals surface area contributed by atoms with E-state index in [1.807, 2.05) is 44.2 Å². The summed E-state index contributed by atoms with van der Waals surface area (Å²) in [5.74, 6) is 0.0362. The Morgan fingerprint density at radius 3 is 2.53 bits per heavy atom. The minimum atomic E-state index is -0.746. The number of thioether (sulfide) groups is 1. The predicted octanol–water partition coefficient (Wildman–Crippen LogP) is 3.23. The number of hydrogen-bond donors (Lipinski definition) is 1. The monoisotopic (exact) mass is 282 g/mol. The number of carboxylic acids is 1. The summed E-state index contributed by atoms with van der Waals surface area (Å²) in [6.45, 7) is 4.03. The van der Waals surface area contributed by atoms with E-state index in [0.29, 0.717) is 6.42 Å². The van der Waals surface area contributed by atoms with Crippen molar-refractivity contribution >= 4 is 17.7 Å². The van der Waals surface area contributed by atoms with E-state index < -0.39 is 11.2 Å². The lowest BCUT2D eigenvalue weighted by atomic mass is 10.1. The Balaban J connectivity index is 2.48. The zero-order chi connectivity index (χ0) is 14.3. The molecule has 0 aliphatic carbocycles. The van der Waals surface area contributed by atoms with E-state index in [2.05, 4.69) is 0 Å². The van der Waals surface area contributed by atoms with Crippen molar-refractivity contribution in [2.75, 3.05) is 12.9 Å². The number of ether oxygens (including phenoxy) is 1. The van der Waals surface area contributed by atoms with Crippen molar-refractivity contribution in [3.8, 4) is 0 Å². The molecule has 0 heterocycles. The molecule has 1 aromatic rings. The lowest BCUT2D eigenvalue weighted by Gasteiger charge is -2.23. The third kappa shape index (κ3) is 6.12. The Morgan fingerprint density at radius 2 is 2.00 bits per heavy atom. The van der Waals surface area contributed by atoms with Gasteiger partial charge in [0.05, 0.1) is 5.60 Å². The molecule has 19 heavy (non-hydrogen) atoms. The van der Waals surface area contributed by atoms with Crippen molar-refractivity contribution in [2.45, 2.75) is 37.5 Å². The number of methoxy groups -OCH3 is 1. The maximum Gasteiger partial charge on any atom is 0.316 e. The van der Waals surface area contributed by atoms with Crippen LogP contribution in [0.2, 0.25) is 0 Å². The topological polar surface area (TPSA) is 46.5 Å². The number of benzene rings is 1. The summed E-state index contributed by atoms with van der Waals surface area (Å²) < 4.78 is 5.34. The first kappa shape index (κ1) is 16.1. The molecule has 0 bridgehead atoms. The molecule has 1 unspecified atom stereocenters. The highest BCUT2D eigenvalue weighted by atomic mass is 32.2. The van der Waals surface area contributed by atoms with Gasteiger partial charge >= 0.3 is 5.97 Å². The van der Waals surface area contributed by atoms with Crippen LogP contribution in [-0.4, -0.2) is 34.8 Å². The molecular weight excluding hydrogens is 260 g/mol. The average Bonchev–Trinajstić information content (AvgIpc) is 2.38. The van der Waals surface area contributed by atoms with Crippen LogP contribution in [-0.2, 0) is 16.0 Å². The highest BCUT2D eigenvalue weighted by Gasteiger charge is 2.21. The number of carboxylic acid groups (broad SMARTS) is 1. The van der Waals surface area contributed by atoms with Crippen molar-refractivity contribution in [1.82, 2.24) is 0 Å². The molecular formula is C15H22O3S. The van der Waals surface area contributed by atoms with Crippen LogP contribution in [0.25, 0.3) is 0 Å². The Labute approximate surface area is 119 Å². The van der Waals surface area contributed by atoms with Crippen molar-refractivity contribution in [1.29, 1.82) is 0 Å². The Morgan fingerprint density at radius 1 is 1.37 bits per heavy atom. The second-order valence-corrected chi connectivity index (χ2v) is 6.41. The first-order chi connectivity index (χ1) is 8.94. The number of hydrogen-bond acceptors (Lipinski definition) is 3. The number of aliphatic carboxylic acids is 1. The zero-order valence-corrected chi connectivity index (χ0v) is 12.6. The third-order valence-corrected chi connectivity index (χ3v) is 4.33. The molecule has 0 saturated carbocycles. The van der Waals surface area contributed by atoms with Gasteiger partial charge in [-0.15, -0.1) is 11.8 Å². The largest absolute Gasteiger partial charge is 0.480 e. The van der Waals surface area contributed by atoms with E-state index in [4.69, 9.17) is 4.74 Å². The van der Waals surface area contributed by atoms with Crippen LogP contribution in [0, 0.1) is 0 Å². The van der Waals surface area contributed by atoms with Gasteiger partial charge < -0.3 is 9.84 Å². The second kappa shape index (κ2) is 7.56. The Kier molecular flexibility index (Phi) is 6.38. The molecule has 1 aromatic carbocycles. The minimum absolute atomic E-state index is 0.192. The van der Waals surface area contributed by atoms with E-state index in [0.717, 1.165) is 17.7 Å². The van der Waals surface area contributed by atoms with E-state index >= 15 is 0 Å². The van der Waals surface area contributed by atoms with Crippen molar-refractivity contribution in [3.05, 3.63) is 35.9 Å². The molecule has 4 heteroatoms. The highest BCUT2D eigenvalue weighted by Crippen LogP contribution is 2.22. The fourth-order valence-corrected chi connectivity index (χ4v) is 2.94. The summed E-state index contributed by atoms with van der Waals surface area (Å²) in [7, 11) is 1.68. The van der Waals surface area contributed by atoms with Gasteiger partial charge in [-0.2, -0.15) is 0 Å². The molecule has 1 N–H and O–H groups in total. The molecule has 0 fully saturated rings. The van der Waals surface area contributed by atoms with Gasteiger partial charge in [-0.25, -0.2) is 0 Å². The van der Waals surface area contributed by atoms with E-state index in [1.54, 1.807) is 7.11 Å². The first-order valence-corrected chi connectivity index (χ1v) is 7.43. The lowest BCUT2D eigenvalue weighted by Crippen LogP contribution is -2.25. The van der Waals surface area contributed by atoms with Crippen LogP contribution in [0.3, 0.4) is 0 Å². The fourth-order valence-electron chi connectivity index (χ4n) is 1.59. The van der Waals surface area contributed by atoms with E-state index in [1.165, 1.54) is 11.8 Å². The van der Waals surface area contributed by atoms with Gasteiger partial charge in [0.25, 0.3) is 0 Å². The Hall–Kier alpha value is -1.00. The number of carbonyl (C=O) groups is 1. The van der Waals surface area contributed by atoms with Gasteiger partial charge in [0, 0.05) is 7.11 Å². The van der Waals surface area contributed by atoms with E-state index in [-0.39, 0.29) is 5.60 Å². The molecule has 106 valence electrons. The summed E-state index contributed by atoms with van der Waals surface area (Å²) in [6, 6.07) is 9.75.